The summed E-state index contributed by atoms with van der Waals surface area (Å²) in [6.07, 6.45) is 77.9. The topological polar surface area (TPSA) is 95.9 Å². The number of rotatable bonds is 62. The molecule has 0 spiro atoms. The molecule has 6 nitrogen and oxygen atoms in total. The van der Waals surface area contributed by atoms with Crippen LogP contribution in [0.25, 0.3) is 0 Å². The summed E-state index contributed by atoms with van der Waals surface area (Å²) in [6.45, 7) is 4.87. The van der Waals surface area contributed by atoms with Crippen LogP contribution < -0.4 is 5.32 Å². The fraction of sp³-hybridized carbons (Fsp3) is 0.910. The van der Waals surface area contributed by atoms with E-state index in [0.29, 0.717) is 25.9 Å². The summed E-state index contributed by atoms with van der Waals surface area (Å²) in [5.74, 6) is -0.0702. The Labute approximate surface area is 456 Å². The van der Waals surface area contributed by atoms with Gasteiger partial charge in [0.05, 0.1) is 25.4 Å². The van der Waals surface area contributed by atoms with Crippen molar-refractivity contribution in [3.05, 3.63) is 24.3 Å². The maximum Gasteiger partial charge on any atom is 0.305 e. The van der Waals surface area contributed by atoms with Crippen molar-refractivity contribution in [2.45, 2.75) is 379 Å². The lowest BCUT2D eigenvalue weighted by atomic mass is 10.0. The Balaban J connectivity index is 3.44. The number of allylic oxidation sites excluding steroid dienone is 3. The first-order valence-electron chi connectivity index (χ1n) is 33.1. The Morgan fingerprint density at radius 2 is 0.685 bits per heavy atom. The Bertz CT molecular complexity index is 1140. The number of amides is 1. The molecule has 2 unspecified atom stereocenters. The molecule has 0 bridgehead atoms. The molecule has 2 atom stereocenters. The summed E-state index contributed by atoms with van der Waals surface area (Å²) in [5, 5.41) is 23.4. The SMILES string of the molecule is CCCCCCCCCCCCCCCCCCCCCCCCCCC(O)C(CO)NC(=O)CCCCCCCCCCCCCCCC/C=C\C/C=C\CCOC(=O)CCCCCCCCCCCCC. The van der Waals surface area contributed by atoms with Crippen molar-refractivity contribution in [2.24, 2.45) is 0 Å². The average molecular weight is 1030 g/mol. The lowest BCUT2D eigenvalue weighted by molar-refractivity contribution is -0.143. The van der Waals surface area contributed by atoms with Gasteiger partial charge in [-0.2, -0.15) is 0 Å². The summed E-state index contributed by atoms with van der Waals surface area (Å²) in [4.78, 5) is 24.5. The number of hydrogen-bond donors (Lipinski definition) is 3. The highest BCUT2D eigenvalue weighted by Crippen LogP contribution is 2.19. The van der Waals surface area contributed by atoms with E-state index in [9.17, 15) is 19.8 Å². The Kier molecular flexibility index (Phi) is 61.4. The van der Waals surface area contributed by atoms with Crippen LogP contribution in [-0.4, -0.2) is 47.4 Å². The molecule has 0 fully saturated rings. The fourth-order valence-corrected chi connectivity index (χ4v) is 10.5. The predicted molar refractivity (Wildman–Crippen MR) is 320 cm³/mol. The van der Waals surface area contributed by atoms with E-state index in [4.69, 9.17) is 4.74 Å². The van der Waals surface area contributed by atoms with E-state index in [-0.39, 0.29) is 18.5 Å². The molecular weight excluding hydrogens is 899 g/mol. The molecular formula is C67H129NO5. The van der Waals surface area contributed by atoms with Gasteiger partial charge < -0.3 is 20.3 Å². The molecule has 0 heterocycles. The van der Waals surface area contributed by atoms with Crippen LogP contribution in [0.1, 0.15) is 367 Å². The highest BCUT2D eigenvalue weighted by Gasteiger charge is 2.20. The van der Waals surface area contributed by atoms with Crippen LogP contribution in [0.4, 0.5) is 0 Å². The van der Waals surface area contributed by atoms with Crippen molar-refractivity contribution in [1.29, 1.82) is 0 Å². The first-order chi connectivity index (χ1) is 36.0. The Morgan fingerprint density at radius 3 is 1.04 bits per heavy atom. The summed E-state index contributed by atoms with van der Waals surface area (Å²) in [5.41, 5.74) is 0. The summed E-state index contributed by atoms with van der Waals surface area (Å²) in [6, 6.07) is -0.546. The second-order valence-corrected chi connectivity index (χ2v) is 22.8. The number of nitrogens with one attached hydrogen (secondary N) is 1. The van der Waals surface area contributed by atoms with E-state index in [0.717, 1.165) is 51.4 Å². The summed E-state index contributed by atoms with van der Waals surface area (Å²) < 4.78 is 5.40. The molecule has 0 saturated heterocycles. The maximum absolute atomic E-state index is 12.5. The molecule has 0 aromatic carbocycles. The zero-order chi connectivity index (χ0) is 52.9. The molecule has 432 valence electrons. The monoisotopic (exact) mass is 1030 g/mol. The van der Waals surface area contributed by atoms with Gasteiger partial charge in [-0.05, 0) is 44.9 Å². The molecule has 0 radical (unpaired) electrons. The first kappa shape index (κ1) is 71.3. The van der Waals surface area contributed by atoms with E-state index >= 15 is 0 Å². The lowest BCUT2D eigenvalue weighted by Gasteiger charge is -2.22. The van der Waals surface area contributed by atoms with Gasteiger partial charge in [-0.25, -0.2) is 0 Å². The van der Waals surface area contributed by atoms with Gasteiger partial charge >= 0.3 is 5.97 Å². The van der Waals surface area contributed by atoms with Crippen LogP contribution >= 0.6 is 0 Å². The minimum Gasteiger partial charge on any atom is -0.465 e. The van der Waals surface area contributed by atoms with Crippen molar-refractivity contribution < 1.29 is 24.5 Å². The molecule has 0 aromatic rings. The van der Waals surface area contributed by atoms with Gasteiger partial charge in [-0.15, -0.1) is 0 Å². The quantitative estimate of drug-likeness (QED) is 0.0320. The molecule has 0 aromatic heterocycles. The third kappa shape index (κ3) is 59.4. The standard InChI is InChI=1S/C67H129NO5/c1-3-5-7-9-11-13-15-16-17-18-19-20-21-22-24-27-30-33-36-40-43-47-51-55-59-65(70)64(63-69)68-66(71)60-56-52-48-44-41-37-34-31-28-25-23-26-29-32-35-38-42-46-50-54-58-62-73-67(72)61-57-53-49-45-39-14-12-10-8-6-4-2/h38,42,50,54,64-65,69-70H,3-37,39-41,43-49,51-53,55-63H2,1-2H3,(H,68,71)/b42-38-,54-50-. The van der Waals surface area contributed by atoms with Crippen LogP contribution in [0.15, 0.2) is 24.3 Å². The van der Waals surface area contributed by atoms with Crippen LogP contribution in [0.5, 0.6) is 0 Å². The van der Waals surface area contributed by atoms with Gasteiger partial charge in [-0.3, -0.25) is 9.59 Å². The highest BCUT2D eigenvalue weighted by atomic mass is 16.5. The van der Waals surface area contributed by atoms with Crippen LogP contribution in [0, 0.1) is 0 Å². The van der Waals surface area contributed by atoms with E-state index in [1.165, 1.54) is 283 Å². The van der Waals surface area contributed by atoms with E-state index in [2.05, 4.69) is 43.5 Å². The van der Waals surface area contributed by atoms with Crippen molar-refractivity contribution in [2.75, 3.05) is 13.2 Å². The smallest absolute Gasteiger partial charge is 0.305 e. The largest absolute Gasteiger partial charge is 0.465 e. The minimum absolute atomic E-state index is 0.0347. The molecule has 0 aliphatic carbocycles. The minimum atomic E-state index is -0.669. The maximum atomic E-state index is 12.5. The van der Waals surface area contributed by atoms with Gasteiger partial charge in [0.25, 0.3) is 0 Å². The predicted octanol–water partition coefficient (Wildman–Crippen LogP) is 21.0. The van der Waals surface area contributed by atoms with Crippen LogP contribution in [-0.2, 0) is 14.3 Å². The fourth-order valence-electron chi connectivity index (χ4n) is 10.5. The van der Waals surface area contributed by atoms with E-state index in [1.54, 1.807) is 0 Å². The number of aliphatic hydroxyl groups is 2. The number of carbonyl (C=O) groups excluding carboxylic acids is 2. The number of aliphatic hydroxyl groups excluding tert-OH is 2. The third-order valence-corrected chi connectivity index (χ3v) is 15.5. The Morgan fingerprint density at radius 1 is 0.384 bits per heavy atom. The molecule has 73 heavy (non-hydrogen) atoms. The molecule has 0 rings (SSSR count). The molecule has 6 heteroatoms. The summed E-state index contributed by atoms with van der Waals surface area (Å²) >= 11 is 0. The van der Waals surface area contributed by atoms with Crippen molar-refractivity contribution in [3.8, 4) is 0 Å². The second-order valence-electron chi connectivity index (χ2n) is 22.8. The second kappa shape index (κ2) is 62.9. The molecule has 0 aliphatic heterocycles. The Hall–Kier alpha value is -1.66. The molecule has 0 aliphatic rings. The molecule has 0 saturated carbocycles. The lowest BCUT2D eigenvalue weighted by Crippen LogP contribution is -2.45. The highest BCUT2D eigenvalue weighted by molar-refractivity contribution is 5.76. The number of ether oxygens (including phenoxy) is 1. The number of hydrogen-bond acceptors (Lipinski definition) is 5. The normalized spacial score (nSPS) is 12.7. The van der Waals surface area contributed by atoms with Gasteiger partial charge in [0.15, 0.2) is 0 Å². The first-order valence-corrected chi connectivity index (χ1v) is 33.1. The van der Waals surface area contributed by atoms with Gasteiger partial charge in [0.1, 0.15) is 0 Å². The summed E-state index contributed by atoms with van der Waals surface area (Å²) in [7, 11) is 0. The average Bonchev–Trinajstić information content (AvgIpc) is 3.39. The van der Waals surface area contributed by atoms with Crippen LogP contribution in [0.2, 0.25) is 0 Å². The zero-order valence-electron chi connectivity index (χ0n) is 49.4. The van der Waals surface area contributed by atoms with E-state index in [1.807, 2.05) is 0 Å². The number of carbonyl (C=O) groups is 2. The zero-order valence-corrected chi connectivity index (χ0v) is 49.4. The number of esters is 1. The van der Waals surface area contributed by atoms with Crippen molar-refractivity contribution in [3.63, 3.8) is 0 Å². The van der Waals surface area contributed by atoms with Gasteiger partial charge in [0.2, 0.25) is 5.91 Å². The molecule has 1 amide bonds. The van der Waals surface area contributed by atoms with Crippen molar-refractivity contribution in [1.82, 2.24) is 5.32 Å². The van der Waals surface area contributed by atoms with Crippen molar-refractivity contribution >= 4 is 11.9 Å². The third-order valence-electron chi connectivity index (χ3n) is 15.5. The molecule has 3 N–H and O–H groups in total. The van der Waals surface area contributed by atoms with Crippen LogP contribution in [0.3, 0.4) is 0 Å². The van der Waals surface area contributed by atoms with Gasteiger partial charge in [-0.1, -0.05) is 334 Å². The van der Waals surface area contributed by atoms with Gasteiger partial charge in [0, 0.05) is 12.8 Å². The van der Waals surface area contributed by atoms with E-state index < -0.39 is 12.1 Å². The number of unbranched alkanes of at least 4 members (excludes halogenated alkanes) is 47.